The molecular weight excluding hydrogens is 378 g/mol. The Bertz CT molecular complexity index is 788. The van der Waals surface area contributed by atoms with Gasteiger partial charge in [0.2, 0.25) is 0 Å². The Balaban J connectivity index is 2.20. The first-order valence-electron chi connectivity index (χ1n) is 5.84. The van der Waals surface area contributed by atoms with Crippen LogP contribution >= 0.6 is 27.5 Å². The van der Waals surface area contributed by atoms with E-state index in [4.69, 9.17) is 11.6 Å². The summed E-state index contributed by atoms with van der Waals surface area (Å²) < 4.78 is 23.3. The summed E-state index contributed by atoms with van der Waals surface area (Å²) in [5.41, 5.74) is 0.945. The van der Waals surface area contributed by atoms with Crippen LogP contribution in [0.3, 0.4) is 0 Å². The first kappa shape index (κ1) is 16.0. The molecule has 0 unspecified atom stereocenters. The number of anilines is 1. The van der Waals surface area contributed by atoms with E-state index < -0.39 is 9.84 Å². The van der Waals surface area contributed by atoms with Crippen LogP contribution in [0.1, 0.15) is 10.4 Å². The summed E-state index contributed by atoms with van der Waals surface area (Å²) in [7, 11) is -3.25. The zero-order valence-electron chi connectivity index (χ0n) is 10.9. The van der Waals surface area contributed by atoms with Crippen molar-refractivity contribution in [1.82, 2.24) is 0 Å². The quantitative estimate of drug-likeness (QED) is 0.871. The van der Waals surface area contributed by atoms with Gasteiger partial charge in [0.05, 0.1) is 10.5 Å². The monoisotopic (exact) mass is 387 g/mol. The Morgan fingerprint density at radius 2 is 1.76 bits per heavy atom. The fraction of sp³-hybridized carbons (Fsp3) is 0.0714. The Hall–Kier alpha value is -1.37. The zero-order valence-corrected chi connectivity index (χ0v) is 14.1. The smallest absolute Gasteiger partial charge is 0.256 e. The molecule has 0 bridgehead atoms. The highest BCUT2D eigenvalue weighted by Gasteiger charge is 2.11. The summed E-state index contributed by atoms with van der Waals surface area (Å²) in [6.07, 6.45) is 1.13. The van der Waals surface area contributed by atoms with Crippen molar-refractivity contribution in [2.45, 2.75) is 4.90 Å². The van der Waals surface area contributed by atoms with Gasteiger partial charge in [-0.1, -0.05) is 11.6 Å². The van der Waals surface area contributed by atoms with E-state index in [1.165, 1.54) is 24.3 Å². The normalized spacial score (nSPS) is 11.2. The molecule has 0 aliphatic rings. The molecule has 0 saturated heterocycles. The molecule has 2 aromatic carbocycles. The lowest BCUT2D eigenvalue weighted by Gasteiger charge is -2.08. The maximum absolute atomic E-state index is 12.1. The van der Waals surface area contributed by atoms with Crippen molar-refractivity contribution in [2.24, 2.45) is 0 Å². The van der Waals surface area contributed by atoms with E-state index in [1.54, 1.807) is 18.2 Å². The molecule has 0 atom stereocenters. The van der Waals surface area contributed by atoms with Crippen LogP contribution in [0.5, 0.6) is 0 Å². The zero-order chi connectivity index (χ0) is 15.6. The van der Waals surface area contributed by atoms with Gasteiger partial charge in [0, 0.05) is 21.4 Å². The molecule has 0 aliphatic carbocycles. The molecule has 4 nitrogen and oxygen atoms in total. The van der Waals surface area contributed by atoms with E-state index in [0.29, 0.717) is 20.7 Å². The number of benzene rings is 2. The first-order valence-corrected chi connectivity index (χ1v) is 8.90. The second-order valence-corrected chi connectivity index (χ2v) is 7.68. The molecular formula is C14H11BrClNO3S. The van der Waals surface area contributed by atoms with Gasteiger partial charge < -0.3 is 5.32 Å². The summed E-state index contributed by atoms with van der Waals surface area (Å²) in [6, 6.07) is 10.8. The van der Waals surface area contributed by atoms with Crippen LogP contribution in [0, 0.1) is 0 Å². The number of carbonyl (C=O) groups is 1. The lowest BCUT2D eigenvalue weighted by Crippen LogP contribution is -2.12. The highest BCUT2D eigenvalue weighted by molar-refractivity contribution is 9.10. The van der Waals surface area contributed by atoms with Crippen LogP contribution in [0.4, 0.5) is 5.69 Å². The SMILES string of the molecule is CS(=O)(=O)c1ccc(NC(=O)c2ccc(Cl)cc2Br)cc1. The molecule has 0 fully saturated rings. The second kappa shape index (κ2) is 6.17. The van der Waals surface area contributed by atoms with Crippen LogP contribution in [0.2, 0.25) is 5.02 Å². The molecule has 110 valence electrons. The third-order valence-electron chi connectivity index (χ3n) is 2.72. The van der Waals surface area contributed by atoms with E-state index in [-0.39, 0.29) is 10.8 Å². The summed E-state index contributed by atoms with van der Waals surface area (Å²) in [6.45, 7) is 0. The van der Waals surface area contributed by atoms with Crippen LogP contribution in [-0.4, -0.2) is 20.6 Å². The average Bonchev–Trinajstić information content (AvgIpc) is 2.38. The Kier molecular flexibility index (Phi) is 4.70. The Morgan fingerprint density at radius 1 is 1.14 bits per heavy atom. The van der Waals surface area contributed by atoms with Gasteiger partial charge in [-0.2, -0.15) is 0 Å². The van der Waals surface area contributed by atoms with Gasteiger partial charge >= 0.3 is 0 Å². The minimum Gasteiger partial charge on any atom is -0.322 e. The fourth-order valence-corrected chi connectivity index (χ4v) is 3.15. The van der Waals surface area contributed by atoms with E-state index in [2.05, 4.69) is 21.2 Å². The molecule has 0 heterocycles. The molecule has 0 spiro atoms. The van der Waals surface area contributed by atoms with Crippen molar-refractivity contribution in [3.8, 4) is 0 Å². The predicted molar refractivity (Wildman–Crippen MR) is 86.7 cm³/mol. The molecule has 7 heteroatoms. The molecule has 1 amide bonds. The van der Waals surface area contributed by atoms with Gasteiger partial charge in [-0.15, -0.1) is 0 Å². The van der Waals surface area contributed by atoms with Crippen LogP contribution in [0.25, 0.3) is 0 Å². The van der Waals surface area contributed by atoms with Crippen molar-refractivity contribution in [2.75, 3.05) is 11.6 Å². The molecule has 21 heavy (non-hydrogen) atoms. The van der Waals surface area contributed by atoms with Crippen LogP contribution in [0.15, 0.2) is 51.8 Å². The molecule has 0 saturated carbocycles. The number of amides is 1. The van der Waals surface area contributed by atoms with Gasteiger partial charge in [0.25, 0.3) is 5.91 Å². The van der Waals surface area contributed by atoms with Crippen molar-refractivity contribution < 1.29 is 13.2 Å². The molecule has 0 aliphatic heterocycles. The molecule has 2 rings (SSSR count). The van der Waals surface area contributed by atoms with Crippen molar-refractivity contribution in [1.29, 1.82) is 0 Å². The molecule has 2 aromatic rings. The lowest BCUT2D eigenvalue weighted by atomic mass is 10.2. The minimum absolute atomic E-state index is 0.202. The third-order valence-corrected chi connectivity index (χ3v) is 4.74. The van der Waals surface area contributed by atoms with Crippen LogP contribution in [-0.2, 0) is 9.84 Å². The Labute approximate surface area is 136 Å². The summed E-state index contributed by atoms with van der Waals surface area (Å²) >= 11 is 9.10. The maximum atomic E-state index is 12.1. The highest BCUT2D eigenvalue weighted by Crippen LogP contribution is 2.23. The molecule has 1 N–H and O–H groups in total. The van der Waals surface area contributed by atoms with E-state index in [1.807, 2.05) is 0 Å². The number of nitrogens with one attached hydrogen (secondary N) is 1. The molecule has 0 aromatic heterocycles. The largest absolute Gasteiger partial charge is 0.322 e. The van der Waals surface area contributed by atoms with Gasteiger partial charge in [0.1, 0.15) is 0 Å². The van der Waals surface area contributed by atoms with Crippen LogP contribution < -0.4 is 5.32 Å². The van der Waals surface area contributed by atoms with Gasteiger partial charge in [-0.3, -0.25) is 4.79 Å². The maximum Gasteiger partial charge on any atom is 0.256 e. The summed E-state index contributed by atoms with van der Waals surface area (Å²) in [4.78, 5) is 12.3. The van der Waals surface area contributed by atoms with Crippen molar-refractivity contribution in [3.63, 3.8) is 0 Å². The number of sulfone groups is 1. The lowest BCUT2D eigenvalue weighted by molar-refractivity contribution is 0.102. The Morgan fingerprint density at radius 3 is 2.29 bits per heavy atom. The second-order valence-electron chi connectivity index (χ2n) is 4.37. The number of hydrogen-bond donors (Lipinski definition) is 1. The molecule has 0 radical (unpaired) electrons. The first-order chi connectivity index (χ1) is 9.77. The third kappa shape index (κ3) is 4.06. The number of halogens is 2. The van der Waals surface area contributed by atoms with Crippen molar-refractivity contribution >= 4 is 49.0 Å². The summed E-state index contributed by atoms with van der Waals surface area (Å²) in [5, 5.41) is 3.21. The predicted octanol–water partition coefficient (Wildman–Crippen LogP) is 3.76. The van der Waals surface area contributed by atoms with Gasteiger partial charge in [-0.25, -0.2) is 8.42 Å². The van der Waals surface area contributed by atoms with Gasteiger partial charge in [0.15, 0.2) is 9.84 Å². The number of hydrogen-bond acceptors (Lipinski definition) is 3. The highest BCUT2D eigenvalue weighted by atomic mass is 79.9. The van der Waals surface area contributed by atoms with E-state index >= 15 is 0 Å². The average molecular weight is 389 g/mol. The van der Waals surface area contributed by atoms with Gasteiger partial charge in [-0.05, 0) is 58.4 Å². The topological polar surface area (TPSA) is 63.2 Å². The minimum atomic E-state index is -3.25. The standard InChI is InChI=1S/C14H11BrClNO3S/c1-21(19,20)11-5-3-10(4-6-11)17-14(18)12-7-2-9(16)8-13(12)15/h2-8H,1H3,(H,17,18). The fourth-order valence-electron chi connectivity index (χ4n) is 1.66. The van der Waals surface area contributed by atoms with E-state index in [9.17, 15) is 13.2 Å². The number of carbonyl (C=O) groups excluding carboxylic acids is 1. The van der Waals surface area contributed by atoms with Crippen molar-refractivity contribution in [3.05, 3.63) is 57.5 Å². The summed E-state index contributed by atoms with van der Waals surface area (Å²) in [5.74, 6) is -0.314. The number of rotatable bonds is 3. The van der Waals surface area contributed by atoms with E-state index in [0.717, 1.165) is 6.26 Å².